The molecule has 1 aliphatic heterocycles. The van der Waals surface area contributed by atoms with Crippen molar-refractivity contribution in [3.63, 3.8) is 0 Å². The van der Waals surface area contributed by atoms with Crippen LogP contribution in [0.5, 0.6) is 0 Å². The summed E-state index contributed by atoms with van der Waals surface area (Å²) in [7, 11) is 0. The average Bonchev–Trinajstić information content (AvgIpc) is 3.18. The maximum absolute atomic E-state index is 12.4. The van der Waals surface area contributed by atoms with Gasteiger partial charge in [-0.15, -0.1) is 11.3 Å². The predicted octanol–water partition coefficient (Wildman–Crippen LogP) is 4.53. The number of benzene rings is 2. The van der Waals surface area contributed by atoms with Gasteiger partial charge in [-0.05, 0) is 31.2 Å². The van der Waals surface area contributed by atoms with E-state index in [0.29, 0.717) is 11.7 Å². The number of aryl methyl sites for hydroxylation is 1. The predicted molar refractivity (Wildman–Crippen MR) is 121 cm³/mol. The number of carbonyl (C=O) groups excluding carboxylic acids is 1. The van der Waals surface area contributed by atoms with E-state index in [4.69, 9.17) is 11.6 Å². The highest BCUT2D eigenvalue weighted by molar-refractivity contribution is 7.14. The number of nitrogens with zero attached hydrogens (tertiary/aromatic N) is 3. The number of anilines is 2. The monoisotopic (exact) mass is 426 g/mol. The summed E-state index contributed by atoms with van der Waals surface area (Å²) in [5.41, 5.74) is 4.34. The average molecular weight is 427 g/mol. The number of piperazine rings is 1. The summed E-state index contributed by atoms with van der Waals surface area (Å²) >= 11 is 7.42. The first kappa shape index (κ1) is 19.9. The number of carbonyl (C=O) groups is 1. The first-order chi connectivity index (χ1) is 14.1. The van der Waals surface area contributed by atoms with Gasteiger partial charge in [-0.2, -0.15) is 0 Å². The lowest BCUT2D eigenvalue weighted by atomic mass is 10.1. The minimum absolute atomic E-state index is 0.0188. The van der Waals surface area contributed by atoms with E-state index >= 15 is 0 Å². The molecule has 150 valence electrons. The van der Waals surface area contributed by atoms with Gasteiger partial charge in [0.05, 0.1) is 12.2 Å². The fourth-order valence-electron chi connectivity index (χ4n) is 3.37. The number of aromatic nitrogens is 1. The van der Waals surface area contributed by atoms with Crippen molar-refractivity contribution in [3.05, 3.63) is 64.5 Å². The molecule has 1 amide bonds. The van der Waals surface area contributed by atoms with E-state index < -0.39 is 0 Å². The number of hydrogen-bond donors (Lipinski definition) is 1. The van der Waals surface area contributed by atoms with Gasteiger partial charge in [0.2, 0.25) is 5.91 Å². The zero-order valence-corrected chi connectivity index (χ0v) is 17.8. The van der Waals surface area contributed by atoms with E-state index in [2.05, 4.69) is 51.3 Å². The van der Waals surface area contributed by atoms with Crippen LogP contribution in [0.15, 0.2) is 53.9 Å². The minimum Gasteiger partial charge on any atom is -0.369 e. The summed E-state index contributed by atoms with van der Waals surface area (Å²) in [6.45, 7) is 5.93. The van der Waals surface area contributed by atoms with Crippen molar-refractivity contribution in [2.24, 2.45) is 0 Å². The number of amides is 1. The molecule has 0 radical (unpaired) electrons. The van der Waals surface area contributed by atoms with E-state index in [-0.39, 0.29) is 5.91 Å². The second-order valence-corrected chi connectivity index (χ2v) is 8.49. The SMILES string of the molecule is Cc1ccc(-c2csc(NC(=O)CN3CCN(c4ccc(Cl)cc4)CC3)n2)cc1. The van der Waals surface area contributed by atoms with Gasteiger partial charge in [0.25, 0.3) is 0 Å². The number of halogens is 1. The molecule has 29 heavy (non-hydrogen) atoms. The molecule has 1 N–H and O–H groups in total. The Morgan fingerprint density at radius 3 is 2.45 bits per heavy atom. The Hall–Kier alpha value is -2.41. The molecule has 0 unspecified atom stereocenters. The van der Waals surface area contributed by atoms with E-state index in [0.717, 1.165) is 42.5 Å². The summed E-state index contributed by atoms with van der Waals surface area (Å²) in [6, 6.07) is 16.1. The zero-order chi connectivity index (χ0) is 20.2. The Kier molecular flexibility index (Phi) is 6.13. The third kappa shape index (κ3) is 5.15. The molecule has 1 aliphatic rings. The Bertz CT molecular complexity index is 963. The summed E-state index contributed by atoms with van der Waals surface area (Å²) in [5, 5.41) is 6.31. The van der Waals surface area contributed by atoms with Gasteiger partial charge in [-0.3, -0.25) is 9.69 Å². The Morgan fingerprint density at radius 1 is 1.07 bits per heavy atom. The molecular formula is C22H23ClN4OS. The molecule has 1 saturated heterocycles. The van der Waals surface area contributed by atoms with Crippen LogP contribution < -0.4 is 10.2 Å². The van der Waals surface area contributed by atoms with Crippen LogP contribution in [-0.2, 0) is 4.79 Å². The third-order valence-electron chi connectivity index (χ3n) is 5.03. The normalized spacial score (nSPS) is 14.8. The molecule has 0 bridgehead atoms. The van der Waals surface area contributed by atoms with Gasteiger partial charge < -0.3 is 10.2 Å². The van der Waals surface area contributed by atoms with Crippen LogP contribution in [0, 0.1) is 6.92 Å². The summed E-state index contributed by atoms with van der Waals surface area (Å²) in [5.74, 6) is -0.0188. The lowest BCUT2D eigenvalue weighted by molar-refractivity contribution is -0.117. The highest BCUT2D eigenvalue weighted by Crippen LogP contribution is 2.25. The number of nitrogens with one attached hydrogen (secondary N) is 1. The van der Waals surface area contributed by atoms with Gasteiger partial charge in [0, 0.05) is 47.8 Å². The standard InChI is InChI=1S/C22H23ClN4OS/c1-16-2-4-17(5-3-16)20-15-29-22(24-20)25-21(28)14-26-10-12-27(13-11-26)19-8-6-18(23)7-9-19/h2-9,15H,10-14H2,1H3,(H,24,25,28). The second kappa shape index (κ2) is 8.95. The maximum Gasteiger partial charge on any atom is 0.240 e. The molecule has 1 fully saturated rings. The van der Waals surface area contributed by atoms with Gasteiger partial charge >= 0.3 is 0 Å². The van der Waals surface area contributed by atoms with Crippen LogP contribution in [0.4, 0.5) is 10.8 Å². The smallest absolute Gasteiger partial charge is 0.240 e. The van der Waals surface area contributed by atoms with Crippen LogP contribution in [0.1, 0.15) is 5.56 Å². The number of thiazole rings is 1. The molecule has 0 atom stereocenters. The number of rotatable bonds is 5. The first-order valence-corrected chi connectivity index (χ1v) is 10.9. The highest BCUT2D eigenvalue weighted by Gasteiger charge is 2.19. The molecule has 2 heterocycles. The van der Waals surface area contributed by atoms with E-state index in [9.17, 15) is 4.79 Å². The zero-order valence-electron chi connectivity index (χ0n) is 16.3. The second-order valence-electron chi connectivity index (χ2n) is 7.19. The fourth-order valence-corrected chi connectivity index (χ4v) is 4.23. The largest absolute Gasteiger partial charge is 0.369 e. The van der Waals surface area contributed by atoms with Crippen molar-refractivity contribution in [1.29, 1.82) is 0 Å². The van der Waals surface area contributed by atoms with Crippen molar-refractivity contribution in [2.75, 3.05) is 42.9 Å². The quantitative estimate of drug-likeness (QED) is 0.651. The lowest BCUT2D eigenvalue weighted by Gasteiger charge is -2.35. The molecule has 0 saturated carbocycles. The molecule has 2 aromatic carbocycles. The summed E-state index contributed by atoms with van der Waals surface area (Å²) < 4.78 is 0. The third-order valence-corrected chi connectivity index (χ3v) is 6.04. The van der Waals surface area contributed by atoms with Gasteiger partial charge in [0.1, 0.15) is 0 Å². The molecule has 1 aromatic heterocycles. The van der Waals surface area contributed by atoms with Crippen molar-refractivity contribution in [1.82, 2.24) is 9.88 Å². The van der Waals surface area contributed by atoms with E-state index in [1.165, 1.54) is 22.6 Å². The fraction of sp³-hybridized carbons (Fsp3) is 0.273. The Morgan fingerprint density at radius 2 is 1.76 bits per heavy atom. The summed E-state index contributed by atoms with van der Waals surface area (Å²) in [4.78, 5) is 21.5. The van der Waals surface area contributed by atoms with Crippen molar-refractivity contribution in [3.8, 4) is 11.3 Å². The van der Waals surface area contributed by atoms with Crippen LogP contribution >= 0.6 is 22.9 Å². The minimum atomic E-state index is -0.0188. The molecule has 5 nitrogen and oxygen atoms in total. The van der Waals surface area contributed by atoms with Crippen LogP contribution in [-0.4, -0.2) is 48.5 Å². The van der Waals surface area contributed by atoms with Crippen molar-refractivity contribution in [2.45, 2.75) is 6.92 Å². The molecule has 0 spiro atoms. The van der Waals surface area contributed by atoms with E-state index in [1.54, 1.807) is 0 Å². The first-order valence-electron chi connectivity index (χ1n) is 9.62. The van der Waals surface area contributed by atoms with Crippen molar-refractivity contribution < 1.29 is 4.79 Å². The Labute approximate surface area is 179 Å². The molecule has 3 aromatic rings. The van der Waals surface area contributed by atoms with Gasteiger partial charge in [0.15, 0.2) is 5.13 Å². The Balaban J connectivity index is 1.27. The number of hydrogen-bond acceptors (Lipinski definition) is 5. The lowest BCUT2D eigenvalue weighted by Crippen LogP contribution is -2.48. The van der Waals surface area contributed by atoms with Crippen LogP contribution in [0.2, 0.25) is 5.02 Å². The molecular weight excluding hydrogens is 404 g/mol. The summed E-state index contributed by atoms with van der Waals surface area (Å²) in [6.07, 6.45) is 0. The molecule has 4 rings (SSSR count). The van der Waals surface area contributed by atoms with Crippen molar-refractivity contribution >= 4 is 39.7 Å². The van der Waals surface area contributed by atoms with Gasteiger partial charge in [-0.25, -0.2) is 4.98 Å². The van der Waals surface area contributed by atoms with E-state index in [1.807, 2.05) is 29.6 Å². The van der Waals surface area contributed by atoms with Crippen LogP contribution in [0.25, 0.3) is 11.3 Å². The highest BCUT2D eigenvalue weighted by atomic mass is 35.5. The molecule has 0 aliphatic carbocycles. The van der Waals surface area contributed by atoms with Gasteiger partial charge in [-0.1, -0.05) is 41.4 Å². The topological polar surface area (TPSA) is 48.5 Å². The van der Waals surface area contributed by atoms with Crippen LogP contribution in [0.3, 0.4) is 0 Å². The maximum atomic E-state index is 12.4. The molecule has 7 heteroatoms.